The van der Waals surface area contributed by atoms with Crippen LogP contribution in [0, 0.1) is 0 Å². The van der Waals surface area contributed by atoms with Crippen molar-refractivity contribution in [2.75, 3.05) is 16.8 Å². The van der Waals surface area contributed by atoms with Crippen LogP contribution in [0.5, 0.6) is 0 Å². The van der Waals surface area contributed by atoms with E-state index in [1.165, 1.54) is 0 Å². The van der Waals surface area contributed by atoms with Crippen molar-refractivity contribution in [1.82, 2.24) is 9.38 Å². The van der Waals surface area contributed by atoms with Gasteiger partial charge in [0, 0.05) is 48.4 Å². The van der Waals surface area contributed by atoms with E-state index in [-0.39, 0.29) is 11.8 Å². The molecule has 0 atom stereocenters. The van der Waals surface area contributed by atoms with Gasteiger partial charge in [-0.05, 0) is 54.4 Å². The summed E-state index contributed by atoms with van der Waals surface area (Å²) in [5, 5.41) is 2.94. The number of rotatable bonds is 3. The molecular weight excluding hydrogens is 376 g/mol. The summed E-state index contributed by atoms with van der Waals surface area (Å²) in [5.41, 5.74) is 5.99. The number of nitrogens with one attached hydrogen (secondary N) is 1. The van der Waals surface area contributed by atoms with Crippen LogP contribution in [0.1, 0.15) is 22.8 Å². The van der Waals surface area contributed by atoms with Crippen LogP contribution in [0.15, 0.2) is 73.1 Å². The highest BCUT2D eigenvalue weighted by Gasteiger charge is 2.23. The van der Waals surface area contributed by atoms with Crippen molar-refractivity contribution in [2.45, 2.75) is 13.3 Å². The molecule has 0 radical (unpaired) electrons. The highest BCUT2D eigenvalue weighted by molar-refractivity contribution is 6.05. The minimum absolute atomic E-state index is 0.0247. The highest BCUT2D eigenvalue weighted by atomic mass is 16.2. The third-order valence-electron chi connectivity index (χ3n) is 5.42. The Morgan fingerprint density at radius 2 is 1.87 bits per heavy atom. The molecule has 6 heteroatoms. The molecule has 30 heavy (non-hydrogen) atoms. The topological polar surface area (TPSA) is 66.7 Å². The average molecular weight is 396 g/mol. The number of imidazole rings is 1. The Morgan fingerprint density at radius 1 is 1.03 bits per heavy atom. The maximum Gasteiger partial charge on any atom is 0.255 e. The SMILES string of the molecule is CC(=O)N1CCc2cc(C(=O)Nc3ccc(-c4cn5ccccc5n4)cc3)ccc21. The second kappa shape index (κ2) is 7.15. The molecule has 2 amide bonds. The number of fused-ring (bicyclic) bond motifs is 2. The number of carbonyl (C=O) groups is 2. The number of amides is 2. The Balaban J connectivity index is 1.32. The summed E-state index contributed by atoms with van der Waals surface area (Å²) < 4.78 is 1.98. The first kappa shape index (κ1) is 18.1. The fourth-order valence-electron chi connectivity index (χ4n) is 3.87. The molecule has 0 fully saturated rings. The van der Waals surface area contributed by atoms with E-state index in [9.17, 15) is 9.59 Å². The van der Waals surface area contributed by atoms with Crippen LogP contribution >= 0.6 is 0 Å². The molecule has 0 unspecified atom stereocenters. The number of hydrogen-bond donors (Lipinski definition) is 1. The molecule has 2 aromatic carbocycles. The molecule has 4 aromatic rings. The monoisotopic (exact) mass is 396 g/mol. The number of benzene rings is 2. The zero-order valence-electron chi connectivity index (χ0n) is 16.5. The van der Waals surface area contributed by atoms with E-state index in [0.717, 1.165) is 40.3 Å². The van der Waals surface area contributed by atoms with Gasteiger partial charge < -0.3 is 14.6 Å². The van der Waals surface area contributed by atoms with E-state index in [1.807, 2.05) is 71.4 Å². The van der Waals surface area contributed by atoms with Crippen molar-refractivity contribution in [1.29, 1.82) is 0 Å². The lowest BCUT2D eigenvalue weighted by atomic mass is 10.1. The zero-order valence-corrected chi connectivity index (χ0v) is 16.5. The van der Waals surface area contributed by atoms with Gasteiger partial charge in [-0.25, -0.2) is 4.98 Å². The summed E-state index contributed by atoms with van der Waals surface area (Å²) in [5.74, 6) is -0.142. The van der Waals surface area contributed by atoms with Gasteiger partial charge in [-0.2, -0.15) is 0 Å². The van der Waals surface area contributed by atoms with E-state index in [1.54, 1.807) is 17.9 Å². The minimum Gasteiger partial charge on any atom is -0.322 e. The summed E-state index contributed by atoms with van der Waals surface area (Å²) in [6, 6.07) is 19.0. The maximum atomic E-state index is 12.7. The van der Waals surface area contributed by atoms with Crippen molar-refractivity contribution in [3.8, 4) is 11.3 Å². The van der Waals surface area contributed by atoms with Gasteiger partial charge in [0.2, 0.25) is 5.91 Å². The van der Waals surface area contributed by atoms with Crippen LogP contribution in [-0.4, -0.2) is 27.7 Å². The standard InChI is InChI=1S/C24H20N4O2/c1-16(29)28-13-11-18-14-19(7-10-22(18)28)24(30)25-20-8-5-17(6-9-20)21-15-27-12-3-2-4-23(27)26-21/h2-10,12,14-15H,11,13H2,1H3,(H,25,30). The number of pyridine rings is 1. The van der Waals surface area contributed by atoms with E-state index in [0.29, 0.717) is 12.1 Å². The van der Waals surface area contributed by atoms with Gasteiger partial charge >= 0.3 is 0 Å². The van der Waals surface area contributed by atoms with Gasteiger partial charge in [0.1, 0.15) is 5.65 Å². The maximum absolute atomic E-state index is 12.7. The lowest BCUT2D eigenvalue weighted by Gasteiger charge is -2.14. The smallest absolute Gasteiger partial charge is 0.255 e. The van der Waals surface area contributed by atoms with E-state index in [2.05, 4.69) is 10.3 Å². The van der Waals surface area contributed by atoms with Crippen molar-refractivity contribution in [3.63, 3.8) is 0 Å². The molecule has 148 valence electrons. The highest BCUT2D eigenvalue weighted by Crippen LogP contribution is 2.29. The average Bonchev–Trinajstić information content (AvgIpc) is 3.38. The molecule has 1 aliphatic heterocycles. The first-order valence-corrected chi connectivity index (χ1v) is 9.85. The number of anilines is 2. The van der Waals surface area contributed by atoms with E-state index < -0.39 is 0 Å². The Morgan fingerprint density at radius 3 is 2.63 bits per heavy atom. The summed E-state index contributed by atoms with van der Waals surface area (Å²) in [6.45, 7) is 2.23. The Labute approximate surface area is 173 Å². The van der Waals surface area contributed by atoms with Crippen LogP contribution in [0.4, 0.5) is 11.4 Å². The Bertz CT molecular complexity index is 1240. The van der Waals surface area contributed by atoms with Crippen LogP contribution in [-0.2, 0) is 11.2 Å². The van der Waals surface area contributed by atoms with Crippen LogP contribution in [0.25, 0.3) is 16.9 Å². The number of carbonyl (C=O) groups excluding carboxylic acids is 2. The summed E-state index contributed by atoms with van der Waals surface area (Å²) >= 11 is 0. The van der Waals surface area contributed by atoms with Crippen molar-refractivity contribution in [2.24, 2.45) is 0 Å². The fraction of sp³-hybridized carbons (Fsp3) is 0.125. The zero-order chi connectivity index (χ0) is 20.7. The molecule has 6 nitrogen and oxygen atoms in total. The first-order chi connectivity index (χ1) is 14.6. The Hall–Kier alpha value is -3.93. The fourth-order valence-corrected chi connectivity index (χ4v) is 3.87. The quantitative estimate of drug-likeness (QED) is 0.565. The van der Waals surface area contributed by atoms with E-state index >= 15 is 0 Å². The molecule has 0 saturated heterocycles. The normalized spacial score (nSPS) is 12.8. The van der Waals surface area contributed by atoms with Crippen molar-refractivity contribution >= 4 is 28.8 Å². The second-order valence-electron chi connectivity index (χ2n) is 7.39. The van der Waals surface area contributed by atoms with Crippen LogP contribution in [0.3, 0.4) is 0 Å². The lowest BCUT2D eigenvalue weighted by Crippen LogP contribution is -2.25. The van der Waals surface area contributed by atoms with Gasteiger partial charge in [0.05, 0.1) is 5.69 Å². The number of aromatic nitrogens is 2. The van der Waals surface area contributed by atoms with Crippen LogP contribution in [0.2, 0.25) is 0 Å². The summed E-state index contributed by atoms with van der Waals surface area (Å²) in [7, 11) is 0. The van der Waals surface area contributed by atoms with Gasteiger partial charge in [-0.1, -0.05) is 18.2 Å². The second-order valence-corrected chi connectivity index (χ2v) is 7.39. The first-order valence-electron chi connectivity index (χ1n) is 9.85. The number of nitrogens with zero attached hydrogens (tertiary/aromatic N) is 3. The summed E-state index contributed by atoms with van der Waals surface area (Å²) in [4.78, 5) is 30.8. The van der Waals surface area contributed by atoms with Crippen LogP contribution < -0.4 is 10.2 Å². The van der Waals surface area contributed by atoms with Gasteiger partial charge in [-0.15, -0.1) is 0 Å². The molecule has 0 aliphatic carbocycles. The molecule has 3 heterocycles. The molecular formula is C24H20N4O2. The molecule has 1 N–H and O–H groups in total. The molecule has 2 aromatic heterocycles. The predicted octanol–water partition coefficient (Wildman–Crippen LogP) is 4.16. The largest absolute Gasteiger partial charge is 0.322 e. The van der Waals surface area contributed by atoms with Gasteiger partial charge in [0.15, 0.2) is 0 Å². The minimum atomic E-state index is -0.167. The van der Waals surface area contributed by atoms with E-state index in [4.69, 9.17) is 0 Å². The molecule has 5 rings (SSSR count). The lowest BCUT2D eigenvalue weighted by molar-refractivity contribution is -0.116. The van der Waals surface area contributed by atoms with Crippen molar-refractivity contribution < 1.29 is 9.59 Å². The number of hydrogen-bond acceptors (Lipinski definition) is 3. The van der Waals surface area contributed by atoms with Gasteiger partial charge in [-0.3, -0.25) is 9.59 Å². The molecule has 0 bridgehead atoms. The van der Waals surface area contributed by atoms with Gasteiger partial charge in [0.25, 0.3) is 5.91 Å². The summed E-state index contributed by atoms with van der Waals surface area (Å²) in [6.07, 6.45) is 4.72. The predicted molar refractivity (Wildman–Crippen MR) is 117 cm³/mol. The molecule has 0 saturated carbocycles. The molecule has 1 aliphatic rings. The van der Waals surface area contributed by atoms with Crippen molar-refractivity contribution in [3.05, 3.63) is 84.2 Å². The third kappa shape index (κ3) is 3.22. The molecule has 0 spiro atoms. The third-order valence-corrected chi connectivity index (χ3v) is 5.42. The Kier molecular flexibility index (Phi) is 4.32.